The second-order valence-electron chi connectivity index (χ2n) is 8.79. The van der Waals surface area contributed by atoms with Crippen LogP contribution < -0.4 is 4.74 Å². The highest BCUT2D eigenvalue weighted by Crippen LogP contribution is 2.37. The maximum absolute atomic E-state index is 13.0. The predicted molar refractivity (Wildman–Crippen MR) is 120 cm³/mol. The Balaban J connectivity index is 1.63. The number of aliphatic hydroxyl groups is 2. The van der Waals surface area contributed by atoms with Crippen molar-refractivity contribution in [3.05, 3.63) is 54.1 Å². The lowest BCUT2D eigenvalue weighted by atomic mass is 9.89. The van der Waals surface area contributed by atoms with E-state index in [1.54, 1.807) is 12.2 Å². The molecular weight excluding hydrogens is 469 g/mol. The normalized spacial score (nSPS) is 26.7. The summed E-state index contributed by atoms with van der Waals surface area (Å²) in [6, 6.07) is 4.53. The Kier molecular flexibility index (Phi) is 9.34. The molecule has 0 amide bonds. The lowest BCUT2D eigenvalue weighted by molar-refractivity contribution is -0.140. The standard InChI is InChI=1S/C25H31F3O7/c26-25(27,28)17-6-5-7-18(14-17)33-16-24(34-12-13-35-24)11-10-20-19(21(29)15-22(20)30)8-3-1-2-4-9-23(31)32/h1,3,5-7,10-11,14,19-22,29-30H,2,4,8-9,12-13,15-16H2,(H,31,32)/b3-1-,11-10+/t19-,20-,21+,22-/m1/s1. The lowest BCUT2D eigenvalue weighted by Gasteiger charge is -2.26. The minimum absolute atomic E-state index is 0.0222. The Bertz CT molecular complexity index is 893. The molecule has 1 heterocycles. The van der Waals surface area contributed by atoms with Crippen LogP contribution in [0.15, 0.2) is 48.6 Å². The molecule has 3 N–H and O–H groups in total. The first-order valence-corrected chi connectivity index (χ1v) is 11.6. The molecule has 1 aromatic carbocycles. The fourth-order valence-corrected chi connectivity index (χ4v) is 4.35. The number of ether oxygens (including phenoxy) is 3. The van der Waals surface area contributed by atoms with Crippen LogP contribution >= 0.6 is 0 Å². The quantitative estimate of drug-likeness (QED) is 0.312. The second kappa shape index (κ2) is 12.0. The minimum atomic E-state index is -4.49. The molecule has 0 bridgehead atoms. The molecule has 1 aliphatic heterocycles. The van der Waals surface area contributed by atoms with Crippen molar-refractivity contribution in [1.82, 2.24) is 0 Å². The lowest BCUT2D eigenvalue weighted by Crippen LogP contribution is -2.35. The van der Waals surface area contributed by atoms with Crippen LogP contribution in [0.3, 0.4) is 0 Å². The van der Waals surface area contributed by atoms with Crippen molar-refractivity contribution in [2.45, 2.75) is 56.3 Å². The molecule has 3 rings (SSSR count). The predicted octanol–water partition coefficient (Wildman–Crippen LogP) is 3.94. The average Bonchev–Trinajstić information content (AvgIpc) is 3.37. The van der Waals surface area contributed by atoms with E-state index < -0.39 is 41.6 Å². The number of unbranched alkanes of at least 4 members (excludes halogenated alkanes) is 1. The van der Waals surface area contributed by atoms with E-state index in [0.29, 0.717) is 19.3 Å². The van der Waals surface area contributed by atoms with Crippen molar-refractivity contribution in [2.24, 2.45) is 11.8 Å². The van der Waals surface area contributed by atoms with Crippen molar-refractivity contribution in [1.29, 1.82) is 0 Å². The minimum Gasteiger partial charge on any atom is -0.488 e. The van der Waals surface area contributed by atoms with E-state index >= 15 is 0 Å². The van der Waals surface area contributed by atoms with Gasteiger partial charge in [0.2, 0.25) is 5.79 Å². The van der Waals surface area contributed by atoms with Gasteiger partial charge < -0.3 is 29.5 Å². The molecule has 1 aliphatic carbocycles. The monoisotopic (exact) mass is 500 g/mol. The highest BCUT2D eigenvalue weighted by Gasteiger charge is 2.41. The summed E-state index contributed by atoms with van der Waals surface area (Å²) in [6.07, 6.45) is 3.00. The second-order valence-corrected chi connectivity index (χ2v) is 8.79. The number of carboxylic acid groups (broad SMARTS) is 1. The first-order valence-electron chi connectivity index (χ1n) is 11.6. The third-order valence-corrected chi connectivity index (χ3v) is 6.20. The summed E-state index contributed by atoms with van der Waals surface area (Å²) in [5.74, 6) is -2.81. The molecule has 2 fully saturated rings. The molecule has 0 radical (unpaired) electrons. The van der Waals surface area contributed by atoms with Gasteiger partial charge in [-0.2, -0.15) is 13.2 Å². The Morgan fingerprint density at radius 2 is 1.91 bits per heavy atom. The number of hydrogen-bond acceptors (Lipinski definition) is 6. The number of benzene rings is 1. The molecule has 1 saturated heterocycles. The summed E-state index contributed by atoms with van der Waals surface area (Å²) < 4.78 is 55.9. The van der Waals surface area contributed by atoms with Crippen molar-refractivity contribution in [2.75, 3.05) is 19.8 Å². The number of carboxylic acids is 1. The Labute approximate surface area is 201 Å². The number of hydrogen-bond donors (Lipinski definition) is 3. The largest absolute Gasteiger partial charge is 0.488 e. The number of alkyl halides is 3. The van der Waals surface area contributed by atoms with Crippen LogP contribution in [0.2, 0.25) is 0 Å². The fourth-order valence-electron chi connectivity index (χ4n) is 4.35. The van der Waals surface area contributed by atoms with E-state index in [9.17, 15) is 28.2 Å². The van der Waals surface area contributed by atoms with Gasteiger partial charge in [-0.25, -0.2) is 0 Å². The van der Waals surface area contributed by atoms with Gasteiger partial charge in [-0.05, 0) is 49.5 Å². The zero-order valence-corrected chi connectivity index (χ0v) is 19.2. The third kappa shape index (κ3) is 7.79. The summed E-state index contributed by atoms with van der Waals surface area (Å²) in [5, 5.41) is 29.6. The first kappa shape index (κ1) is 27.2. The van der Waals surface area contributed by atoms with Crippen LogP contribution in [-0.2, 0) is 20.4 Å². The van der Waals surface area contributed by atoms with Gasteiger partial charge in [0.05, 0.1) is 31.0 Å². The number of aliphatic carboxylic acids is 1. The zero-order chi connectivity index (χ0) is 25.5. The first-order chi connectivity index (χ1) is 16.6. The maximum Gasteiger partial charge on any atom is 0.416 e. The molecule has 0 unspecified atom stereocenters. The van der Waals surface area contributed by atoms with Crippen LogP contribution in [0.5, 0.6) is 5.75 Å². The highest BCUT2D eigenvalue weighted by molar-refractivity contribution is 5.66. The summed E-state index contributed by atoms with van der Waals surface area (Å²) in [7, 11) is 0. The van der Waals surface area contributed by atoms with Crippen molar-refractivity contribution in [3.8, 4) is 5.75 Å². The van der Waals surface area contributed by atoms with E-state index in [0.717, 1.165) is 12.1 Å². The molecule has 7 nitrogen and oxygen atoms in total. The Morgan fingerprint density at radius 3 is 2.60 bits per heavy atom. The summed E-state index contributed by atoms with van der Waals surface area (Å²) in [4.78, 5) is 10.6. The number of halogens is 3. The van der Waals surface area contributed by atoms with Crippen LogP contribution in [0.1, 0.15) is 37.7 Å². The van der Waals surface area contributed by atoms with Gasteiger partial charge in [-0.1, -0.05) is 24.3 Å². The molecule has 35 heavy (non-hydrogen) atoms. The summed E-state index contributed by atoms with van der Waals surface area (Å²) in [5.41, 5.74) is -0.824. The molecule has 10 heteroatoms. The van der Waals surface area contributed by atoms with Gasteiger partial charge in [0, 0.05) is 18.8 Å². The van der Waals surface area contributed by atoms with Crippen molar-refractivity contribution >= 4 is 5.97 Å². The molecule has 2 aliphatic rings. The molecule has 4 atom stereocenters. The van der Waals surface area contributed by atoms with Crippen LogP contribution in [0.25, 0.3) is 0 Å². The average molecular weight is 501 g/mol. The zero-order valence-electron chi connectivity index (χ0n) is 19.2. The topological polar surface area (TPSA) is 105 Å². The Hall–Kier alpha value is -2.40. The van der Waals surface area contributed by atoms with E-state index in [2.05, 4.69) is 0 Å². The van der Waals surface area contributed by atoms with Gasteiger partial charge in [-0.3, -0.25) is 4.79 Å². The van der Waals surface area contributed by atoms with Gasteiger partial charge in [0.1, 0.15) is 12.4 Å². The van der Waals surface area contributed by atoms with Crippen molar-refractivity contribution in [3.63, 3.8) is 0 Å². The van der Waals surface area contributed by atoms with E-state index in [4.69, 9.17) is 19.3 Å². The van der Waals surface area contributed by atoms with E-state index in [-0.39, 0.29) is 44.3 Å². The molecule has 1 aromatic rings. The van der Waals surface area contributed by atoms with E-state index in [1.165, 1.54) is 12.1 Å². The molecular formula is C25H31F3O7. The fraction of sp³-hybridized carbons (Fsp3) is 0.560. The highest BCUT2D eigenvalue weighted by atomic mass is 19.4. The Morgan fingerprint density at radius 1 is 1.17 bits per heavy atom. The van der Waals surface area contributed by atoms with Gasteiger partial charge in [0.25, 0.3) is 0 Å². The van der Waals surface area contributed by atoms with Gasteiger partial charge in [-0.15, -0.1) is 0 Å². The summed E-state index contributed by atoms with van der Waals surface area (Å²) in [6.45, 7) is 0.355. The molecule has 0 spiro atoms. The SMILES string of the molecule is O=C(O)CCC/C=C\C[C@@H]1[C@@H](/C=C/C2(COc3cccc(C(F)(F)F)c3)OCCO2)[C@H](O)C[C@@H]1O. The molecule has 1 saturated carbocycles. The molecule has 194 valence electrons. The number of carbonyl (C=O) groups is 1. The van der Waals surface area contributed by atoms with Crippen LogP contribution in [-0.4, -0.2) is 59.1 Å². The smallest absolute Gasteiger partial charge is 0.416 e. The van der Waals surface area contributed by atoms with Gasteiger partial charge >= 0.3 is 12.1 Å². The van der Waals surface area contributed by atoms with Crippen molar-refractivity contribution < 1.29 is 47.5 Å². The van der Waals surface area contributed by atoms with Crippen LogP contribution in [0.4, 0.5) is 13.2 Å². The maximum atomic E-state index is 13.0. The molecule has 0 aromatic heterocycles. The number of rotatable bonds is 11. The number of allylic oxidation sites excluding steroid dienone is 2. The van der Waals surface area contributed by atoms with Crippen LogP contribution in [0, 0.1) is 11.8 Å². The third-order valence-electron chi connectivity index (χ3n) is 6.20. The van der Waals surface area contributed by atoms with Gasteiger partial charge in [0.15, 0.2) is 0 Å². The summed E-state index contributed by atoms with van der Waals surface area (Å²) >= 11 is 0. The van der Waals surface area contributed by atoms with E-state index in [1.807, 2.05) is 12.2 Å². The number of aliphatic hydroxyl groups excluding tert-OH is 2.